The number of carbonyl (C=O) groups is 3. The molecule has 1 aliphatic carbocycles. The largest absolute Gasteiger partial charge is 0.481 e. The van der Waals surface area contributed by atoms with E-state index in [-0.39, 0.29) is 29.2 Å². The van der Waals surface area contributed by atoms with Crippen molar-refractivity contribution in [1.82, 2.24) is 5.32 Å². The Balaban J connectivity index is 2.04. The van der Waals surface area contributed by atoms with Gasteiger partial charge in [-0.15, -0.1) is 0 Å². The summed E-state index contributed by atoms with van der Waals surface area (Å²) >= 11 is 0. The Morgan fingerprint density at radius 2 is 1.56 bits per heavy atom. The molecule has 2 amide bonds. The number of carbonyl (C=O) groups excluding carboxylic acids is 2. The number of nitrogens with one attached hydrogen (secondary N) is 2. The van der Waals surface area contributed by atoms with Gasteiger partial charge in [-0.25, -0.2) is 0 Å². The highest BCUT2D eigenvalue weighted by Crippen LogP contribution is 2.30. The number of amides is 2. The van der Waals surface area contributed by atoms with E-state index in [2.05, 4.69) is 10.6 Å². The highest BCUT2D eigenvalue weighted by molar-refractivity contribution is 6.04. The molecule has 0 radical (unpaired) electrons. The van der Waals surface area contributed by atoms with Crippen molar-refractivity contribution in [2.24, 2.45) is 11.8 Å². The Bertz CT molecular complexity index is 656. The summed E-state index contributed by atoms with van der Waals surface area (Å²) in [6.07, 6.45) is 2.14. The van der Waals surface area contributed by atoms with Gasteiger partial charge in [0.25, 0.3) is 5.91 Å². The summed E-state index contributed by atoms with van der Waals surface area (Å²) in [5.41, 5.74) is 0.531. The number of hydrogen-bond acceptors (Lipinski definition) is 3. The molecule has 0 atom stereocenters. The summed E-state index contributed by atoms with van der Waals surface area (Å²) in [6, 6.07) is 6.91. The molecule has 1 aromatic carbocycles. The molecule has 0 saturated heterocycles. The SMILES string of the molecule is CC(C)(C)NC(=O)c1ccccc1NC(=O)C1CCC(C(=O)O)CC1. The van der Waals surface area contributed by atoms with Gasteiger partial charge >= 0.3 is 5.97 Å². The molecule has 1 fully saturated rings. The summed E-state index contributed by atoms with van der Waals surface area (Å²) < 4.78 is 0. The predicted molar refractivity (Wildman–Crippen MR) is 95.4 cm³/mol. The Hall–Kier alpha value is -2.37. The quantitative estimate of drug-likeness (QED) is 0.781. The molecule has 3 N–H and O–H groups in total. The van der Waals surface area contributed by atoms with Crippen molar-refractivity contribution < 1.29 is 19.5 Å². The van der Waals surface area contributed by atoms with Crippen molar-refractivity contribution in [3.05, 3.63) is 29.8 Å². The number of hydrogen-bond donors (Lipinski definition) is 3. The van der Waals surface area contributed by atoms with E-state index in [1.165, 1.54) is 0 Å². The number of para-hydroxylation sites is 1. The van der Waals surface area contributed by atoms with Crippen molar-refractivity contribution >= 4 is 23.5 Å². The molecule has 0 bridgehead atoms. The molecule has 1 saturated carbocycles. The van der Waals surface area contributed by atoms with Crippen molar-refractivity contribution in [2.45, 2.75) is 52.0 Å². The van der Waals surface area contributed by atoms with Crippen LogP contribution < -0.4 is 10.6 Å². The number of aliphatic carboxylic acids is 1. The minimum atomic E-state index is -0.789. The van der Waals surface area contributed by atoms with Crippen LogP contribution in [0.15, 0.2) is 24.3 Å². The third kappa shape index (κ3) is 5.31. The fourth-order valence-corrected chi connectivity index (χ4v) is 3.04. The predicted octanol–water partition coefficient (Wildman–Crippen LogP) is 3.04. The zero-order valence-corrected chi connectivity index (χ0v) is 15.0. The second kappa shape index (κ2) is 7.68. The van der Waals surface area contributed by atoms with E-state index < -0.39 is 5.97 Å². The van der Waals surface area contributed by atoms with Gasteiger partial charge in [-0.3, -0.25) is 14.4 Å². The maximum absolute atomic E-state index is 12.5. The highest BCUT2D eigenvalue weighted by Gasteiger charge is 2.30. The number of benzene rings is 1. The topological polar surface area (TPSA) is 95.5 Å². The first-order chi connectivity index (χ1) is 11.7. The van der Waals surface area contributed by atoms with Crippen LogP contribution in [0.1, 0.15) is 56.8 Å². The Kier molecular flexibility index (Phi) is 5.82. The van der Waals surface area contributed by atoms with Crippen molar-refractivity contribution in [1.29, 1.82) is 0 Å². The highest BCUT2D eigenvalue weighted by atomic mass is 16.4. The van der Waals surface area contributed by atoms with Crippen molar-refractivity contribution in [2.75, 3.05) is 5.32 Å². The van der Waals surface area contributed by atoms with Gasteiger partial charge in [-0.05, 0) is 58.6 Å². The average Bonchev–Trinajstić information content (AvgIpc) is 2.53. The molecule has 6 heteroatoms. The molecule has 0 spiro atoms. The molecular formula is C19H26N2O4. The molecular weight excluding hydrogens is 320 g/mol. The van der Waals surface area contributed by atoms with E-state index in [0.29, 0.717) is 36.9 Å². The maximum atomic E-state index is 12.5. The van der Waals surface area contributed by atoms with E-state index >= 15 is 0 Å². The first-order valence-electron chi connectivity index (χ1n) is 8.62. The second-order valence-electron chi connectivity index (χ2n) is 7.63. The molecule has 136 valence electrons. The molecule has 1 aromatic rings. The molecule has 1 aliphatic rings. The van der Waals surface area contributed by atoms with E-state index in [9.17, 15) is 14.4 Å². The molecule has 0 aromatic heterocycles. The first-order valence-corrected chi connectivity index (χ1v) is 8.62. The van der Waals surface area contributed by atoms with Gasteiger partial charge in [-0.1, -0.05) is 12.1 Å². The molecule has 0 aliphatic heterocycles. The van der Waals surface area contributed by atoms with Crippen LogP contribution >= 0.6 is 0 Å². The van der Waals surface area contributed by atoms with Gasteiger partial charge in [0.1, 0.15) is 0 Å². The smallest absolute Gasteiger partial charge is 0.306 e. The molecule has 0 heterocycles. The lowest BCUT2D eigenvalue weighted by atomic mass is 9.81. The maximum Gasteiger partial charge on any atom is 0.306 e. The number of rotatable bonds is 4. The number of anilines is 1. The third-order valence-electron chi connectivity index (χ3n) is 4.37. The third-order valence-corrected chi connectivity index (χ3v) is 4.37. The lowest BCUT2D eigenvalue weighted by molar-refractivity contribution is -0.143. The van der Waals surface area contributed by atoms with E-state index in [0.717, 1.165) is 0 Å². The summed E-state index contributed by atoms with van der Waals surface area (Å²) in [5, 5.41) is 14.8. The molecule has 0 unspecified atom stereocenters. The molecule has 2 rings (SSSR count). The standard InChI is InChI=1S/C19H26N2O4/c1-19(2,3)21-17(23)14-6-4-5-7-15(14)20-16(22)12-8-10-13(11-9-12)18(24)25/h4-7,12-13H,8-11H2,1-3H3,(H,20,22)(H,21,23)(H,24,25). The molecule has 6 nitrogen and oxygen atoms in total. The van der Waals surface area contributed by atoms with Crippen LogP contribution in [-0.4, -0.2) is 28.4 Å². The lowest BCUT2D eigenvalue weighted by Crippen LogP contribution is -2.41. The van der Waals surface area contributed by atoms with E-state index in [1.54, 1.807) is 24.3 Å². The zero-order valence-electron chi connectivity index (χ0n) is 15.0. The van der Waals surface area contributed by atoms with Gasteiger partial charge in [0.05, 0.1) is 17.2 Å². The summed E-state index contributed by atoms with van der Waals surface area (Å²) in [4.78, 5) is 36.0. The fraction of sp³-hybridized carbons (Fsp3) is 0.526. The zero-order chi connectivity index (χ0) is 18.6. The van der Waals surface area contributed by atoms with Crippen LogP contribution in [0.2, 0.25) is 0 Å². The van der Waals surface area contributed by atoms with Crippen LogP contribution in [-0.2, 0) is 9.59 Å². The fourth-order valence-electron chi connectivity index (χ4n) is 3.04. The van der Waals surface area contributed by atoms with E-state index in [4.69, 9.17) is 5.11 Å². The van der Waals surface area contributed by atoms with Gasteiger partial charge in [0, 0.05) is 11.5 Å². The summed E-state index contributed by atoms with van der Waals surface area (Å²) in [6.45, 7) is 5.69. The average molecular weight is 346 g/mol. The minimum absolute atomic E-state index is 0.153. The van der Waals surface area contributed by atoms with Crippen LogP contribution in [0.25, 0.3) is 0 Å². The Labute approximate surface area is 148 Å². The van der Waals surface area contributed by atoms with Gasteiger partial charge in [0.2, 0.25) is 5.91 Å². The van der Waals surface area contributed by atoms with E-state index in [1.807, 2.05) is 20.8 Å². The second-order valence-corrected chi connectivity index (χ2v) is 7.63. The van der Waals surface area contributed by atoms with Gasteiger partial charge in [-0.2, -0.15) is 0 Å². The van der Waals surface area contributed by atoms with Crippen LogP contribution in [0.4, 0.5) is 5.69 Å². The van der Waals surface area contributed by atoms with Crippen molar-refractivity contribution in [3.8, 4) is 0 Å². The Morgan fingerprint density at radius 1 is 1.00 bits per heavy atom. The molecule has 25 heavy (non-hydrogen) atoms. The van der Waals surface area contributed by atoms with Gasteiger partial charge < -0.3 is 15.7 Å². The van der Waals surface area contributed by atoms with Gasteiger partial charge in [0.15, 0.2) is 0 Å². The lowest BCUT2D eigenvalue weighted by Gasteiger charge is -2.26. The summed E-state index contributed by atoms with van der Waals surface area (Å²) in [7, 11) is 0. The number of carboxylic acid groups (broad SMARTS) is 1. The number of carboxylic acids is 1. The summed E-state index contributed by atoms with van der Waals surface area (Å²) in [5.74, 6) is -1.75. The minimum Gasteiger partial charge on any atom is -0.481 e. The van der Waals surface area contributed by atoms with Crippen LogP contribution in [0.5, 0.6) is 0 Å². The van der Waals surface area contributed by atoms with Crippen LogP contribution in [0.3, 0.4) is 0 Å². The van der Waals surface area contributed by atoms with Crippen LogP contribution in [0, 0.1) is 11.8 Å². The normalized spacial score (nSPS) is 20.6. The Morgan fingerprint density at radius 3 is 2.12 bits per heavy atom. The first kappa shape index (κ1) is 19.0. The monoisotopic (exact) mass is 346 g/mol. The van der Waals surface area contributed by atoms with Crippen molar-refractivity contribution in [3.63, 3.8) is 0 Å².